The number of hydrogen-bond acceptors (Lipinski definition) is 6. The highest BCUT2D eigenvalue weighted by atomic mass is 79.9. The number of carbonyl (C=O) groups is 1. The lowest BCUT2D eigenvalue weighted by Gasteiger charge is -2.35. The molecule has 3 aromatic rings. The Morgan fingerprint density at radius 2 is 2.15 bits per heavy atom. The number of hydrogen-bond donors (Lipinski definition) is 3. The maximum Gasteiger partial charge on any atom is 0.293 e. The van der Waals surface area contributed by atoms with Crippen LogP contribution in [-0.2, 0) is 0 Å². The predicted octanol–water partition coefficient (Wildman–Crippen LogP) is 2.56. The van der Waals surface area contributed by atoms with E-state index in [1.807, 2.05) is 7.05 Å². The molecule has 1 fully saturated rings. The second-order valence-electron chi connectivity index (χ2n) is 6.48. The first-order valence-corrected chi connectivity index (χ1v) is 9.63. The zero-order valence-electron chi connectivity index (χ0n) is 14.9. The smallest absolute Gasteiger partial charge is 0.293 e. The molecule has 0 bridgehead atoms. The minimum Gasteiger partial charge on any atom is -0.368 e. The van der Waals surface area contributed by atoms with Crippen molar-refractivity contribution in [3.8, 4) is 0 Å². The van der Waals surface area contributed by atoms with Gasteiger partial charge in [0.1, 0.15) is 5.65 Å². The van der Waals surface area contributed by atoms with Crippen molar-refractivity contribution in [2.24, 2.45) is 0 Å². The van der Waals surface area contributed by atoms with Crippen LogP contribution in [0, 0.1) is 0 Å². The van der Waals surface area contributed by atoms with Gasteiger partial charge in [0, 0.05) is 43.9 Å². The summed E-state index contributed by atoms with van der Waals surface area (Å²) in [5, 5.41) is 7.16. The molecule has 4 rings (SSSR count). The van der Waals surface area contributed by atoms with Gasteiger partial charge in [0.05, 0.1) is 21.2 Å². The minimum atomic E-state index is -0.353. The molecule has 140 valence electrons. The normalized spacial score (nSPS) is 17.3. The summed E-state index contributed by atoms with van der Waals surface area (Å²) in [5.41, 5.74) is 2.42. The first-order chi connectivity index (χ1) is 13.2. The Morgan fingerprint density at radius 3 is 2.93 bits per heavy atom. The third-order valence-electron chi connectivity index (χ3n) is 4.79. The van der Waals surface area contributed by atoms with E-state index in [4.69, 9.17) is 0 Å². The molecule has 1 aliphatic rings. The van der Waals surface area contributed by atoms with Gasteiger partial charge in [-0.3, -0.25) is 4.79 Å². The summed E-state index contributed by atoms with van der Waals surface area (Å²) in [6.07, 6.45) is 8.91. The SMILES string of the molecule is CN[C@@H]1CCCN(c2c(Br)cnc3[nH]cc(NC(=O)c4ncccn4)c23)C1. The van der Waals surface area contributed by atoms with E-state index in [1.165, 1.54) is 0 Å². The molecule has 3 N–H and O–H groups in total. The first kappa shape index (κ1) is 17.9. The van der Waals surface area contributed by atoms with Gasteiger partial charge in [-0.05, 0) is 41.9 Å². The van der Waals surface area contributed by atoms with Crippen LogP contribution in [0.25, 0.3) is 11.0 Å². The number of H-pyrrole nitrogens is 1. The quantitative estimate of drug-likeness (QED) is 0.589. The summed E-state index contributed by atoms with van der Waals surface area (Å²) >= 11 is 3.65. The van der Waals surface area contributed by atoms with Crippen LogP contribution in [0.2, 0.25) is 0 Å². The lowest BCUT2D eigenvalue weighted by atomic mass is 10.0. The van der Waals surface area contributed by atoms with Gasteiger partial charge in [-0.2, -0.15) is 0 Å². The van der Waals surface area contributed by atoms with Crippen LogP contribution >= 0.6 is 15.9 Å². The molecule has 4 heterocycles. The van der Waals surface area contributed by atoms with Gasteiger partial charge in [0.15, 0.2) is 0 Å². The average molecular weight is 430 g/mol. The molecule has 1 aliphatic heterocycles. The van der Waals surface area contributed by atoms with Gasteiger partial charge >= 0.3 is 0 Å². The van der Waals surface area contributed by atoms with Crippen molar-refractivity contribution in [3.63, 3.8) is 0 Å². The van der Waals surface area contributed by atoms with Crippen LogP contribution in [0.3, 0.4) is 0 Å². The third-order valence-corrected chi connectivity index (χ3v) is 5.37. The van der Waals surface area contributed by atoms with Gasteiger partial charge in [0.2, 0.25) is 5.82 Å². The Bertz CT molecular complexity index is 959. The number of nitrogens with one attached hydrogen (secondary N) is 3. The maximum atomic E-state index is 12.5. The highest BCUT2D eigenvalue weighted by Crippen LogP contribution is 2.38. The largest absolute Gasteiger partial charge is 0.368 e. The monoisotopic (exact) mass is 429 g/mol. The molecular weight excluding hydrogens is 410 g/mol. The molecule has 0 unspecified atom stereocenters. The maximum absolute atomic E-state index is 12.5. The zero-order chi connectivity index (χ0) is 18.8. The van der Waals surface area contributed by atoms with E-state index >= 15 is 0 Å². The van der Waals surface area contributed by atoms with E-state index in [0.717, 1.165) is 47.1 Å². The Kier molecular flexibility index (Phi) is 5.04. The number of pyridine rings is 1. The number of amides is 1. The second-order valence-corrected chi connectivity index (χ2v) is 7.34. The number of likely N-dealkylation sites (N-methyl/N-ethyl adjacent to an activating group) is 1. The van der Waals surface area contributed by atoms with E-state index in [-0.39, 0.29) is 11.7 Å². The molecule has 0 radical (unpaired) electrons. The van der Waals surface area contributed by atoms with Crippen LogP contribution in [0.5, 0.6) is 0 Å². The summed E-state index contributed by atoms with van der Waals surface area (Å²) in [6, 6.07) is 2.11. The topological polar surface area (TPSA) is 98.8 Å². The van der Waals surface area contributed by atoms with Crippen molar-refractivity contribution >= 4 is 44.2 Å². The summed E-state index contributed by atoms with van der Waals surface area (Å²) < 4.78 is 0.901. The Morgan fingerprint density at radius 1 is 1.33 bits per heavy atom. The van der Waals surface area contributed by atoms with Crippen molar-refractivity contribution in [2.75, 3.05) is 30.4 Å². The molecule has 9 heteroatoms. The summed E-state index contributed by atoms with van der Waals surface area (Å²) in [4.78, 5) is 30.5. The highest BCUT2D eigenvalue weighted by molar-refractivity contribution is 9.10. The number of halogens is 1. The van der Waals surface area contributed by atoms with E-state index < -0.39 is 0 Å². The Balaban J connectivity index is 1.72. The van der Waals surface area contributed by atoms with Crippen LogP contribution < -0.4 is 15.5 Å². The number of aromatic nitrogens is 4. The molecular formula is C18H20BrN7O. The van der Waals surface area contributed by atoms with Gasteiger partial charge in [-0.25, -0.2) is 15.0 Å². The number of anilines is 2. The van der Waals surface area contributed by atoms with Crippen LogP contribution in [0.1, 0.15) is 23.5 Å². The van der Waals surface area contributed by atoms with Crippen molar-refractivity contribution in [1.29, 1.82) is 0 Å². The minimum absolute atomic E-state index is 0.129. The molecule has 0 aromatic carbocycles. The van der Waals surface area contributed by atoms with Crippen LogP contribution in [0.15, 0.2) is 35.3 Å². The summed E-state index contributed by atoms with van der Waals surface area (Å²) in [7, 11) is 1.99. The van der Waals surface area contributed by atoms with E-state index in [0.29, 0.717) is 11.7 Å². The van der Waals surface area contributed by atoms with Gasteiger partial charge in [-0.1, -0.05) is 0 Å². The lowest BCUT2D eigenvalue weighted by Crippen LogP contribution is -2.44. The van der Waals surface area contributed by atoms with Gasteiger partial charge < -0.3 is 20.5 Å². The average Bonchev–Trinajstić information content (AvgIpc) is 3.11. The van der Waals surface area contributed by atoms with Gasteiger partial charge in [-0.15, -0.1) is 0 Å². The van der Waals surface area contributed by atoms with Crippen molar-refractivity contribution in [2.45, 2.75) is 18.9 Å². The molecule has 0 spiro atoms. The molecule has 0 saturated carbocycles. The van der Waals surface area contributed by atoms with E-state index in [1.54, 1.807) is 30.9 Å². The predicted molar refractivity (Wildman–Crippen MR) is 108 cm³/mol. The summed E-state index contributed by atoms with van der Waals surface area (Å²) in [6.45, 7) is 1.85. The standard InChI is InChI=1S/C18H20BrN7O/c1-20-11-4-2-7-26(10-11)15-12(19)8-23-16-14(15)13(9-24-16)25-18(27)17-21-5-3-6-22-17/h3,5-6,8-9,11,20H,2,4,7,10H2,1H3,(H,23,24)(H,25,27)/t11-/m1/s1. The third kappa shape index (κ3) is 3.52. The Labute approximate surface area is 164 Å². The molecule has 27 heavy (non-hydrogen) atoms. The van der Waals surface area contributed by atoms with E-state index in [9.17, 15) is 4.79 Å². The molecule has 3 aromatic heterocycles. The van der Waals surface area contributed by atoms with Crippen LogP contribution in [0.4, 0.5) is 11.4 Å². The van der Waals surface area contributed by atoms with Crippen molar-refractivity contribution in [3.05, 3.63) is 41.2 Å². The number of fused-ring (bicyclic) bond motifs is 1. The first-order valence-electron chi connectivity index (χ1n) is 8.83. The van der Waals surface area contributed by atoms with Gasteiger partial charge in [0.25, 0.3) is 5.91 Å². The number of piperidine rings is 1. The fourth-order valence-electron chi connectivity index (χ4n) is 3.47. The number of aromatic amines is 1. The number of rotatable bonds is 4. The summed E-state index contributed by atoms with van der Waals surface area (Å²) in [5.74, 6) is -0.223. The van der Waals surface area contributed by atoms with E-state index in [2.05, 4.69) is 51.4 Å². The van der Waals surface area contributed by atoms with Crippen molar-refractivity contribution in [1.82, 2.24) is 25.3 Å². The molecule has 0 aliphatic carbocycles. The fraction of sp³-hybridized carbons (Fsp3) is 0.333. The number of nitrogens with zero attached hydrogens (tertiary/aromatic N) is 4. The van der Waals surface area contributed by atoms with Crippen molar-refractivity contribution < 1.29 is 4.79 Å². The fourth-order valence-corrected chi connectivity index (χ4v) is 4.03. The van der Waals surface area contributed by atoms with Crippen LogP contribution in [-0.4, -0.2) is 52.0 Å². The molecule has 1 amide bonds. The second kappa shape index (κ2) is 7.61. The Hall–Kier alpha value is -2.52. The molecule has 1 saturated heterocycles. The lowest BCUT2D eigenvalue weighted by molar-refractivity contribution is 0.101. The zero-order valence-corrected chi connectivity index (χ0v) is 16.5. The molecule has 1 atom stereocenters. The molecule has 8 nitrogen and oxygen atoms in total. The number of carbonyl (C=O) groups excluding carboxylic acids is 1. The highest BCUT2D eigenvalue weighted by Gasteiger charge is 2.25.